The molecule has 2 rings (SSSR count). The second-order valence-corrected chi connectivity index (χ2v) is 4.41. The zero-order valence-electron chi connectivity index (χ0n) is 10.2. The number of nitrogens with zero attached hydrogens (tertiary/aromatic N) is 1. The van der Waals surface area contributed by atoms with Gasteiger partial charge < -0.3 is 9.47 Å². The lowest BCUT2D eigenvalue weighted by molar-refractivity contribution is 0.0595. The van der Waals surface area contributed by atoms with Crippen LogP contribution < -0.4 is 4.74 Å². The van der Waals surface area contributed by atoms with Crippen LogP contribution in [-0.4, -0.2) is 30.5 Å². The van der Waals surface area contributed by atoms with E-state index in [1.165, 1.54) is 12.5 Å². The number of aromatic nitrogens is 1. The van der Waals surface area contributed by atoms with E-state index in [4.69, 9.17) is 4.74 Å². The number of para-hydroxylation sites is 1. The first kappa shape index (κ1) is 13.2. The zero-order chi connectivity index (χ0) is 13.7. The molecule has 0 aliphatic rings. The molecule has 0 fully saturated rings. The van der Waals surface area contributed by atoms with Gasteiger partial charge in [-0.1, -0.05) is 18.2 Å². The van der Waals surface area contributed by atoms with E-state index in [-0.39, 0.29) is 23.1 Å². The van der Waals surface area contributed by atoms with E-state index < -0.39 is 5.97 Å². The molecule has 0 amide bonds. The van der Waals surface area contributed by atoms with Crippen molar-refractivity contribution < 1.29 is 19.1 Å². The van der Waals surface area contributed by atoms with E-state index in [2.05, 4.69) is 9.72 Å². The summed E-state index contributed by atoms with van der Waals surface area (Å²) in [6, 6.07) is 9.01. The van der Waals surface area contributed by atoms with Gasteiger partial charge in [-0.3, -0.25) is 4.79 Å². The fraction of sp³-hybridized carbons (Fsp3) is 0.154. The molecular formula is C13H11NO4S. The van der Waals surface area contributed by atoms with Crippen molar-refractivity contribution in [3.63, 3.8) is 0 Å². The maximum atomic E-state index is 11.8. The van der Waals surface area contributed by atoms with Crippen molar-refractivity contribution in [2.24, 2.45) is 0 Å². The number of rotatable bonds is 5. The van der Waals surface area contributed by atoms with Gasteiger partial charge >= 0.3 is 5.97 Å². The normalized spacial score (nSPS) is 9.95. The first-order valence-corrected chi connectivity index (χ1v) is 6.33. The number of carbonyl (C=O) groups is 2. The average Bonchev–Trinajstić information content (AvgIpc) is 2.95. The third-order valence-corrected chi connectivity index (χ3v) is 3.13. The van der Waals surface area contributed by atoms with Crippen LogP contribution >= 0.6 is 11.3 Å². The summed E-state index contributed by atoms with van der Waals surface area (Å²) in [6.45, 7) is -0.113. The van der Waals surface area contributed by atoms with Gasteiger partial charge in [0.2, 0.25) is 5.78 Å². The Balaban J connectivity index is 1.97. The molecule has 6 heteroatoms. The maximum Gasteiger partial charge on any atom is 0.357 e. The zero-order valence-corrected chi connectivity index (χ0v) is 11.0. The monoisotopic (exact) mass is 277 g/mol. The standard InChI is InChI=1S/C13H11NO4S/c1-17-13(16)10-8-19-12(14-10)11(15)7-18-9-5-3-2-4-6-9/h2-6,8H,7H2,1H3. The summed E-state index contributed by atoms with van der Waals surface area (Å²) in [4.78, 5) is 26.9. The van der Waals surface area contributed by atoms with Crippen LogP contribution in [-0.2, 0) is 4.74 Å². The molecule has 2 aromatic rings. The van der Waals surface area contributed by atoms with Crippen molar-refractivity contribution in [1.29, 1.82) is 0 Å². The maximum absolute atomic E-state index is 11.8. The Morgan fingerprint density at radius 2 is 2.00 bits per heavy atom. The topological polar surface area (TPSA) is 65.5 Å². The molecule has 0 spiro atoms. The molecular weight excluding hydrogens is 266 g/mol. The summed E-state index contributed by atoms with van der Waals surface area (Å²) < 4.78 is 9.84. The number of ketones is 1. The van der Waals surface area contributed by atoms with Crippen molar-refractivity contribution in [2.45, 2.75) is 0 Å². The highest BCUT2D eigenvalue weighted by atomic mass is 32.1. The molecule has 0 radical (unpaired) electrons. The van der Waals surface area contributed by atoms with Crippen molar-refractivity contribution in [1.82, 2.24) is 4.98 Å². The number of ether oxygens (including phenoxy) is 2. The number of benzene rings is 1. The van der Waals surface area contributed by atoms with Crippen LogP contribution in [0.25, 0.3) is 0 Å². The number of hydrogen-bond donors (Lipinski definition) is 0. The van der Waals surface area contributed by atoms with Crippen LogP contribution in [0.3, 0.4) is 0 Å². The van der Waals surface area contributed by atoms with Crippen LogP contribution in [0.5, 0.6) is 5.75 Å². The minimum absolute atomic E-state index is 0.113. The molecule has 0 saturated heterocycles. The van der Waals surface area contributed by atoms with Gasteiger partial charge in [-0.2, -0.15) is 0 Å². The molecule has 0 unspecified atom stereocenters. The Hall–Kier alpha value is -2.21. The van der Waals surface area contributed by atoms with Gasteiger partial charge in [0.15, 0.2) is 17.3 Å². The lowest BCUT2D eigenvalue weighted by Gasteiger charge is -2.02. The minimum Gasteiger partial charge on any atom is -0.485 e. The van der Waals surface area contributed by atoms with Crippen molar-refractivity contribution in [3.05, 3.63) is 46.4 Å². The molecule has 1 aromatic carbocycles. The van der Waals surface area contributed by atoms with Crippen LogP contribution in [0.1, 0.15) is 20.3 Å². The molecule has 5 nitrogen and oxygen atoms in total. The summed E-state index contributed by atoms with van der Waals surface area (Å²) in [7, 11) is 1.27. The smallest absolute Gasteiger partial charge is 0.357 e. The summed E-state index contributed by atoms with van der Waals surface area (Å²) in [5.74, 6) is -0.219. The third kappa shape index (κ3) is 3.38. The highest BCUT2D eigenvalue weighted by Gasteiger charge is 2.16. The molecule has 98 valence electrons. The third-order valence-electron chi connectivity index (χ3n) is 2.25. The van der Waals surface area contributed by atoms with Gasteiger partial charge in [-0.25, -0.2) is 9.78 Å². The highest BCUT2D eigenvalue weighted by Crippen LogP contribution is 2.13. The van der Waals surface area contributed by atoms with E-state index >= 15 is 0 Å². The second kappa shape index (κ2) is 6.10. The fourth-order valence-corrected chi connectivity index (χ4v) is 2.04. The van der Waals surface area contributed by atoms with Gasteiger partial charge in [-0.05, 0) is 12.1 Å². The molecule has 0 aliphatic heterocycles. The highest BCUT2D eigenvalue weighted by molar-refractivity contribution is 7.12. The lowest BCUT2D eigenvalue weighted by atomic mass is 10.3. The van der Waals surface area contributed by atoms with Crippen molar-refractivity contribution in [2.75, 3.05) is 13.7 Å². The van der Waals surface area contributed by atoms with Crippen LogP contribution in [0, 0.1) is 0 Å². The molecule has 1 aromatic heterocycles. The van der Waals surface area contributed by atoms with E-state index in [0.29, 0.717) is 5.75 Å². The van der Waals surface area contributed by atoms with Gasteiger partial charge in [0.1, 0.15) is 5.75 Å². The summed E-state index contributed by atoms with van der Waals surface area (Å²) >= 11 is 1.10. The Kier molecular flexibility index (Phi) is 4.25. The van der Waals surface area contributed by atoms with Gasteiger partial charge in [-0.15, -0.1) is 11.3 Å². The number of carbonyl (C=O) groups excluding carboxylic acids is 2. The number of methoxy groups -OCH3 is 1. The quantitative estimate of drug-likeness (QED) is 0.619. The summed E-state index contributed by atoms with van der Waals surface area (Å²) in [6.07, 6.45) is 0. The molecule has 0 aliphatic carbocycles. The van der Waals surface area contributed by atoms with Crippen LogP contribution in [0.2, 0.25) is 0 Å². The number of hydrogen-bond acceptors (Lipinski definition) is 6. The van der Waals surface area contributed by atoms with Crippen molar-refractivity contribution >= 4 is 23.1 Å². The SMILES string of the molecule is COC(=O)c1csc(C(=O)COc2ccccc2)n1. The fourth-order valence-electron chi connectivity index (χ4n) is 1.33. The molecule has 0 N–H and O–H groups in total. The largest absolute Gasteiger partial charge is 0.485 e. The van der Waals surface area contributed by atoms with E-state index in [1.54, 1.807) is 12.1 Å². The molecule has 1 heterocycles. The average molecular weight is 277 g/mol. The van der Waals surface area contributed by atoms with Gasteiger partial charge in [0.05, 0.1) is 7.11 Å². The first-order valence-electron chi connectivity index (χ1n) is 5.45. The van der Waals surface area contributed by atoms with E-state index in [9.17, 15) is 9.59 Å². The molecule has 0 atom stereocenters. The van der Waals surface area contributed by atoms with Crippen molar-refractivity contribution in [3.8, 4) is 5.75 Å². The number of esters is 1. The van der Waals surface area contributed by atoms with Crippen LogP contribution in [0.4, 0.5) is 0 Å². The lowest BCUT2D eigenvalue weighted by Crippen LogP contribution is -2.12. The van der Waals surface area contributed by atoms with E-state index in [1.807, 2.05) is 18.2 Å². The molecule has 0 bridgehead atoms. The number of Topliss-reactive ketones (excluding diaryl/α,β-unsaturated/α-hetero) is 1. The Labute approximate surface area is 113 Å². The van der Waals surface area contributed by atoms with Gasteiger partial charge in [0.25, 0.3) is 0 Å². The van der Waals surface area contributed by atoms with Crippen LogP contribution in [0.15, 0.2) is 35.7 Å². The predicted molar refractivity (Wildman–Crippen MR) is 69.7 cm³/mol. The Morgan fingerprint density at radius 3 is 2.68 bits per heavy atom. The first-order chi connectivity index (χ1) is 9.20. The van der Waals surface area contributed by atoms with E-state index in [0.717, 1.165) is 11.3 Å². The van der Waals surface area contributed by atoms with Gasteiger partial charge in [0, 0.05) is 5.38 Å². The second-order valence-electron chi connectivity index (χ2n) is 3.55. The Bertz CT molecular complexity index is 579. The molecule has 0 saturated carbocycles. The number of thiazole rings is 1. The Morgan fingerprint density at radius 1 is 1.26 bits per heavy atom. The predicted octanol–water partition coefficient (Wildman–Crippen LogP) is 2.19. The summed E-state index contributed by atoms with van der Waals surface area (Å²) in [5.41, 5.74) is 0.135. The molecule has 19 heavy (non-hydrogen) atoms. The summed E-state index contributed by atoms with van der Waals surface area (Å²) in [5, 5.41) is 1.72. The minimum atomic E-state index is -0.556.